The van der Waals surface area contributed by atoms with Gasteiger partial charge in [-0.3, -0.25) is 0 Å². The monoisotopic (exact) mass is 238 g/mol. The molecule has 0 heterocycles. The Labute approximate surface area is 103 Å². The predicted molar refractivity (Wildman–Crippen MR) is 68.1 cm³/mol. The molecule has 0 amide bonds. The van der Waals surface area contributed by atoms with E-state index in [1.807, 2.05) is 12.1 Å². The summed E-state index contributed by atoms with van der Waals surface area (Å²) in [7, 11) is 1.68. The minimum Gasteiger partial charge on any atom is -0.497 e. The summed E-state index contributed by atoms with van der Waals surface area (Å²) in [5, 5.41) is 0. The minimum atomic E-state index is -0.258. The molecule has 0 atom stereocenters. The smallest absolute Gasteiger partial charge is 0.118 e. The summed E-state index contributed by atoms with van der Waals surface area (Å²) in [5.74, 6) is 0.875. The average molecular weight is 239 g/mol. The second-order valence-corrected chi connectivity index (χ2v) is 6.20. The van der Waals surface area contributed by atoms with Crippen molar-refractivity contribution in [1.82, 2.24) is 0 Å². The highest BCUT2D eigenvalue weighted by molar-refractivity contribution is 6.27. The third-order valence-corrected chi connectivity index (χ3v) is 5.87. The lowest BCUT2D eigenvalue weighted by Crippen LogP contribution is -2.07. The van der Waals surface area contributed by atoms with Crippen LogP contribution in [-0.2, 0) is 4.87 Å². The van der Waals surface area contributed by atoms with E-state index in [1.165, 1.54) is 5.56 Å². The van der Waals surface area contributed by atoms with Gasteiger partial charge in [-0.15, -0.1) is 11.6 Å². The summed E-state index contributed by atoms with van der Waals surface area (Å²) in [6.45, 7) is 8.91. The molecule has 0 unspecified atom stereocenters. The normalized spacial score (nSPS) is 23.9. The highest BCUT2D eigenvalue weighted by atomic mass is 35.5. The van der Waals surface area contributed by atoms with E-state index < -0.39 is 0 Å². The van der Waals surface area contributed by atoms with Crippen LogP contribution in [0.15, 0.2) is 24.3 Å². The summed E-state index contributed by atoms with van der Waals surface area (Å²) in [6.07, 6.45) is 0. The summed E-state index contributed by atoms with van der Waals surface area (Å²) >= 11 is 6.81. The Morgan fingerprint density at radius 3 is 1.69 bits per heavy atom. The molecule has 1 aromatic carbocycles. The molecular weight excluding hydrogens is 220 g/mol. The Balaban J connectivity index is 2.40. The van der Waals surface area contributed by atoms with Crippen molar-refractivity contribution in [2.45, 2.75) is 32.6 Å². The maximum atomic E-state index is 6.81. The molecule has 1 nitrogen and oxygen atoms in total. The van der Waals surface area contributed by atoms with Crippen LogP contribution in [0.3, 0.4) is 0 Å². The van der Waals surface area contributed by atoms with E-state index in [2.05, 4.69) is 39.8 Å². The van der Waals surface area contributed by atoms with Crippen LogP contribution in [0, 0.1) is 10.8 Å². The van der Waals surface area contributed by atoms with Crippen molar-refractivity contribution in [2.75, 3.05) is 7.11 Å². The van der Waals surface area contributed by atoms with Crippen LogP contribution in [-0.4, -0.2) is 7.11 Å². The molecule has 2 rings (SSSR count). The Kier molecular flexibility index (Phi) is 2.33. The number of halogens is 1. The van der Waals surface area contributed by atoms with Gasteiger partial charge in [0.05, 0.1) is 12.0 Å². The van der Waals surface area contributed by atoms with E-state index in [9.17, 15) is 0 Å². The average Bonchev–Trinajstić information content (AvgIpc) is 2.57. The fourth-order valence-electron chi connectivity index (χ4n) is 2.79. The molecule has 1 saturated carbocycles. The fraction of sp³-hybridized carbons (Fsp3) is 0.571. The molecular formula is C14H19ClO. The first-order chi connectivity index (χ1) is 7.29. The van der Waals surface area contributed by atoms with Crippen LogP contribution in [0.4, 0.5) is 0 Å². The Morgan fingerprint density at radius 2 is 1.38 bits per heavy atom. The summed E-state index contributed by atoms with van der Waals surface area (Å²) in [5.41, 5.74) is 1.43. The fourth-order valence-corrected chi connectivity index (χ4v) is 3.34. The highest BCUT2D eigenvalue weighted by Gasteiger charge is 2.77. The zero-order valence-electron chi connectivity index (χ0n) is 10.6. The Hall–Kier alpha value is -0.690. The lowest BCUT2D eigenvalue weighted by molar-refractivity contribution is 0.414. The standard InChI is InChI=1S/C14H19ClO/c1-12(2)13(3,4)14(12,15)10-6-8-11(16-5)9-7-10/h6-9H,1-5H3. The first kappa shape index (κ1) is 11.8. The van der Waals surface area contributed by atoms with Gasteiger partial charge < -0.3 is 4.74 Å². The molecule has 0 aliphatic heterocycles. The number of methoxy groups -OCH3 is 1. The molecule has 1 aliphatic carbocycles. The quantitative estimate of drug-likeness (QED) is 0.702. The summed E-state index contributed by atoms with van der Waals surface area (Å²) in [4.78, 5) is -0.258. The molecule has 2 heteroatoms. The van der Waals surface area contributed by atoms with Gasteiger partial charge in [-0.2, -0.15) is 0 Å². The lowest BCUT2D eigenvalue weighted by Gasteiger charge is -2.14. The molecule has 16 heavy (non-hydrogen) atoms. The topological polar surface area (TPSA) is 9.23 Å². The van der Waals surface area contributed by atoms with Gasteiger partial charge in [-0.1, -0.05) is 39.8 Å². The van der Waals surface area contributed by atoms with Crippen molar-refractivity contribution in [1.29, 1.82) is 0 Å². The maximum absolute atomic E-state index is 6.81. The van der Waals surface area contributed by atoms with E-state index in [0.29, 0.717) is 0 Å². The van der Waals surface area contributed by atoms with Gasteiger partial charge in [-0.05, 0) is 28.5 Å². The SMILES string of the molecule is COc1ccc(C2(Cl)C(C)(C)C2(C)C)cc1. The van der Waals surface area contributed by atoms with Crippen LogP contribution in [0.1, 0.15) is 33.3 Å². The van der Waals surface area contributed by atoms with Gasteiger partial charge in [0.25, 0.3) is 0 Å². The molecule has 1 fully saturated rings. The summed E-state index contributed by atoms with van der Waals surface area (Å²) < 4.78 is 5.16. The molecule has 0 bridgehead atoms. The molecule has 1 aliphatic rings. The number of alkyl halides is 1. The van der Waals surface area contributed by atoms with Crippen molar-refractivity contribution < 1.29 is 4.74 Å². The van der Waals surface area contributed by atoms with Crippen molar-refractivity contribution in [3.63, 3.8) is 0 Å². The zero-order valence-corrected chi connectivity index (χ0v) is 11.4. The van der Waals surface area contributed by atoms with E-state index >= 15 is 0 Å². The molecule has 0 N–H and O–H groups in total. The maximum Gasteiger partial charge on any atom is 0.118 e. The Bertz CT molecular complexity index is 389. The van der Waals surface area contributed by atoms with Gasteiger partial charge in [-0.25, -0.2) is 0 Å². The van der Waals surface area contributed by atoms with Crippen molar-refractivity contribution >= 4 is 11.6 Å². The van der Waals surface area contributed by atoms with Crippen LogP contribution in [0.2, 0.25) is 0 Å². The van der Waals surface area contributed by atoms with E-state index in [0.717, 1.165) is 5.75 Å². The van der Waals surface area contributed by atoms with Crippen LogP contribution in [0.5, 0.6) is 5.75 Å². The number of hydrogen-bond donors (Lipinski definition) is 0. The first-order valence-electron chi connectivity index (χ1n) is 5.62. The lowest BCUT2D eigenvalue weighted by atomic mass is 10.0. The second-order valence-electron chi connectivity index (χ2n) is 5.64. The first-order valence-corrected chi connectivity index (χ1v) is 6.00. The number of hydrogen-bond acceptors (Lipinski definition) is 1. The van der Waals surface area contributed by atoms with E-state index in [1.54, 1.807) is 7.11 Å². The van der Waals surface area contributed by atoms with Crippen molar-refractivity contribution in [3.8, 4) is 5.75 Å². The summed E-state index contributed by atoms with van der Waals surface area (Å²) in [6, 6.07) is 8.10. The van der Waals surface area contributed by atoms with Crippen LogP contribution < -0.4 is 4.74 Å². The molecule has 0 radical (unpaired) electrons. The zero-order chi connectivity index (χ0) is 12.2. The van der Waals surface area contributed by atoms with Crippen LogP contribution >= 0.6 is 11.6 Å². The third kappa shape index (κ3) is 1.13. The van der Waals surface area contributed by atoms with E-state index in [4.69, 9.17) is 16.3 Å². The van der Waals surface area contributed by atoms with Gasteiger partial charge in [0.15, 0.2) is 0 Å². The predicted octanol–water partition coefficient (Wildman–Crippen LogP) is 4.20. The van der Waals surface area contributed by atoms with Crippen molar-refractivity contribution in [2.24, 2.45) is 10.8 Å². The number of ether oxygens (including phenoxy) is 1. The molecule has 1 aromatic rings. The molecule has 0 saturated heterocycles. The molecule has 0 spiro atoms. The largest absolute Gasteiger partial charge is 0.497 e. The van der Waals surface area contributed by atoms with E-state index in [-0.39, 0.29) is 15.7 Å². The van der Waals surface area contributed by atoms with Gasteiger partial charge >= 0.3 is 0 Å². The van der Waals surface area contributed by atoms with Gasteiger partial charge in [0, 0.05) is 0 Å². The highest BCUT2D eigenvalue weighted by Crippen LogP contribution is 2.80. The third-order valence-electron chi connectivity index (χ3n) is 4.71. The molecule has 0 aromatic heterocycles. The minimum absolute atomic E-state index is 0.121. The van der Waals surface area contributed by atoms with Gasteiger partial charge in [0.2, 0.25) is 0 Å². The van der Waals surface area contributed by atoms with Crippen molar-refractivity contribution in [3.05, 3.63) is 29.8 Å². The Morgan fingerprint density at radius 1 is 0.938 bits per heavy atom. The number of rotatable bonds is 2. The molecule has 88 valence electrons. The second kappa shape index (κ2) is 3.16. The van der Waals surface area contributed by atoms with Gasteiger partial charge in [0.1, 0.15) is 5.75 Å². The van der Waals surface area contributed by atoms with Crippen LogP contribution in [0.25, 0.3) is 0 Å². The number of benzene rings is 1.